The van der Waals surface area contributed by atoms with E-state index in [1.54, 1.807) is 7.11 Å². The number of para-hydroxylation sites is 2. The molecule has 31 heavy (non-hydrogen) atoms. The van der Waals surface area contributed by atoms with E-state index < -0.39 is 0 Å². The van der Waals surface area contributed by atoms with Crippen molar-refractivity contribution in [2.75, 3.05) is 17.7 Å². The molecule has 0 bridgehead atoms. The molecule has 4 rings (SSSR count). The molecule has 0 spiro atoms. The Morgan fingerprint density at radius 2 is 1.81 bits per heavy atom. The molecule has 0 saturated carbocycles. The minimum absolute atomic E-state index is 0.121. The Morgan fingerprint density at radius 1 is 1.06 bits per heavy atom. The van der Waals surface area contributed by atoms with Crippen molar-refractivity contribution in [1.82, 2.24) is 0 Å². The normalized spacial score (nSPS) is 15.1. The van der Waals surface area contributed by atoms with Gasteiger partial charge in [-0.3, -0.25) is 9.59 Å². The van der Waals surface area contributed by atoms with E-state index in [0.717, 1.165) is 30.4 Å². The summed E-state index contributed by atoms with van der Waals surface area (Å²) in [6.45, 7) is 2.23. The maximum atomic E-state index is 13.3. The van der Waals surface area contributed by atoms with Crippen LogP contribution in [-0.2, 0) is 24.1 Å². The molecule has 1 aliphatic carbocycles. The van der Waals surface area contributed by atoms with Crippen LogP contribution in [0.25, 0.3) is 0 Å². The first-order chi connectivity index (χ1) is 15.0. The van der Waals surface area contributed by atoms with Crippen LogP contribution in [-0.4, -0.2) is 18.9 Å². The van der Waals surface area contributed by atoms with Gasteiger partial charge in [0.05, 0.1) is 24.8 Å². The average molecular weight is 435 g/mol. The van der Waals surface area contributed by atoms with Gasteiger partial charge < -0.3 is 15.4 Å². The van der Waals surface area contributed by atoms with Crippen molar-refractivity contribution in [3.63, 3.8) is 0 Å². The summed E-state index contributed by atoms with van der Waals surface area (Å²) in [5.41, 5.74) is 3.19. The third kappa shape index (κ3) is 4.80. The second-order valence-corrected chi connectivity index (χ2v) is 9.03. The predicted octanol–water partition coefficient (Wildman–Crippen LogP) is 5.32. The third-order valence-electron chi connectivity index (χ3n) is 5.55. The van der Waals surface area contributed by atoms with E-state index in [1.165, 1.54) is 16.2 Å². The number of thiophene rings is 1. The van der Waals surface area contributed by atoms with Gasteiger partial charge in [0.25, 0.3) is 5.91 Å². The molecule has 2 N–H and O–H groups in total. The smallest absolute Gasteiger partial charge is 0.259 e. The molecular weight excluding hydrogens is 408 g/mol. The van der Waals surface area contributed by atoms with Crippen LogP contribution >= 0.6 is 11.3 Å². The van der Waals surface area contributed by atoms with E-state index in [2.05, 4.69) is 17.6 Å². The van der Waals surface area contributed by atoms with Gasteiger partial charge in [-0.2, -0.15) is 0 Å². The van der Waals surface area contributed by atoms with Gasteiger partial charge in [-0.05, 0) is 48.4 Å². The number of anilines is 2. The van der Waals surface area contributed by atoms with E-state index in [0.29, 0.717) is 27.9 Å². The summed E-state index contributed by atoms with van der Waals surface area (Å²) in [5, 5.41) is 6.63. The predicted molar refractivity (Wildman–Crippen MR) is 125 cm³/mol. The highest BCUT2D eigenvalue weighted by atomic mass is 32.1. The lowest BCUT2D eigenvalue weighted by atomic mass is 9.88. The fourth-order valence-corrected chi connectivity index (χ4v) is 5.39. The number of ether oxygens (including phenoxy) is 1. The lowest BCUT2D eigenvalue weighted by Crippen LogP contribution is -2.20. The Balaban J connectivity index is 1.62. The van der Waals surface area contributed by atoms with E-state index in [9.17, 15) is 9.59 Å². The molecule has 5 nitrogen and oxygen atoms in total. The lowest BCUT2D eigenvalue weighted by Gasteiger charge is -2.19. The van der Waals surface area contributed by atoms with Crippen LogP contribution in [0.4, 0.5) is 10.7 Å². The Labute approximate surface area is 186 Å². The first kappa shape index (κ1) is 21.1. The Bertz CT molecular complexity index is 1090. The second kappa shape index (κ2) is 9.35. The molecular formula is C25H26N2O3S. The minimum Gasteiger partial charge on any atom is -0.495 e. The summed E-state index contributed by atoms with van der Waals surface area (Å²) in [4.78, 5) is 27.3. The van der Waals surface area contributed by atoms with Gasteiger partial charge in [0, 0.05) is 4.88 Å². The zero-order chi connectivity index (χ0) is 21.8. The van der Waals surface area contributed by atoms with Gasteiger partial charge in [-0.25, -0.2) is 0 Å². The molecule has 160 valence electrons. The molecule has 6 heteroatoms. The third-order valence-corrected chi connectivity index (χ3v) is 6.72. The highest BCUT2D eigenvalue weighted by Crippen LogP contribution is 2.40. The van der Waals surface area contributed by atoms with Crippen molar-refractivity contribution < 1.29 is 14.3 Å². The molecule has 1 aromatic heterocycles. The Morgan fingerprint density at radius 3 is 2.58 bits per heavy atom. The van der Waals surface area contributed by atoms with Crippen LogP contribution in [0.1, 0.15) is 39.7 Å². The van der Waals surface area contributed by atoms with Gasteiger partial charge in [-0.15, -0.1) is 11.3 Å². The first-order valence-corrected chi connectivity index (χ1v) is 11.3. The summed E-state index contributed by atoms with van der Waals surface area (Å²) >= 11 is 1.53. The van der Waals surface area contributed by atoms with Gasteiger partial charge in [-0.1, -0.05) is 49.4 Å². The number of methoxy groups -OCH3 is 1. The molecule has 2 aromatic carbocycles. The number of amides is 2. The molecule has 3 aromatic rings. The van der Waals surface area contributed by atoms with Crippen molar-refractivity contribution in [1.29, 1.82) is 0 Å². The number of hydrogen-bond donors (Lipinski definition) is 2. The van der Waals surface area contributed by atoms with E-state index in [1.807, 2.05) is 54.6 Å². The van der Waals surface area contributed by atoms with Crippen LogP contribution in [0.3, 0.4) is 0 Å². The molecule has 1 heterocycles. The van der Waals surface area contributed by atoms with Gasteiger partial charge in [0.2, 0.25) is 5.91 Å². The summed E-state index contributed by atoms with van der Waals surface area (Å²) < 4.78 is 5.37. The molecule has 0 aliphatic heterocycles. The van der Waals surface area contributed by atoms with Crippen LogP contribution in [0.15, 0.2) is 54.6 Å². The lowest BCUT2D eigenvalue weighted by molar-refractivity contribution is -0.115. The number of benzene rings is 2. The molecule has 0 fully saturated rings. The minimum atomic E-state index is -0.216. The number of nitrogens with one attached hydrogen (secondary N) is 2. The van der Waals surface area contributed by atoms with Gasteiger partial charge in [0.15, 0.2) is 0 Å². The summed E-state index contributed by atoms with van der Waals surface area (Å²) in [6, 6.07) is 16.9. The number of carbonyl (C=O) groups excluding carboxylic acids is 2. The zero-order valence-electron chi connectivity index (χ0n) is 17.7. The SMILES string of the molecule is COc1ccccc1NC(=O)c1c(NC(=O)Cc2ccccc2)sc2c1CC[C@H](C)C2. The van der Waals surface area contributed by atoms with E-state index in [4.69, 9.17) is 4.74 Å². The summed E-state index contributed by atoms with van der Waals surface area (Å²) in [5.74, 6) is 0.836. The largest absolute Gasteiger partial charge is 0.495 e. The zero-order valence-corrected chi connectivity index (χ0v) is 18.6. The first-order valence-electron chi connectivity index (χ1n) is 10.5. The average Bonchev–Trinajstić information content (AvgIpc) is 3.11. The Hall–Kier alpha value is -3.12. The van der Waals surface area contributed by atoms with Crippen LogP contribution in [0.5, 0.6) is 5.75 Å². The second-order valence-electron chi connectivity index (χ2n) is 7.92. The maximum absolute atomic E-state index is 13.3. The fourth-order valence-electron chi connectivity index (χ4n) is 3.96. The number of hydrogen-bond acceptors (Lipinski definition) is 4. The summed E-state index contributed by atoms with van der Waals surface area (Å²) in [7, 11) is 1.58. The van der Waals surface area contributed by atoms with Crippen LogP contribution < -0.4 is 15.4 Å². The van der Waals surface area contributed by atoms with Crippen molar-refractivity contribution in [2.24, 2.45) is 5.92 Å². The monoisotopic (exact) mass is 434 g/mol. The Kier molecular flexibility index (Phi) is 6.37. The molecule has 0 radical (unpaired) electrons. The van der Waals surface area contributed by atoms with Crippen molar-refractivity contribution in [2.45, 2.75) is 32.6 Å². The highest BCUT2D eigenvalue weighted by Gasteiger charge is 2.28. The fraction of sp³-hybridized carbons (Fsp3) is 0.280. The molecule has 1 aliphatic rings. The topological polar surface area (TPSA) is 67.4 Å². The number of carbonyl (C=O) groups is 2. The molecule has 0 unspecified atom stereocenters. The van der Waals surface area contributed by atoms with Crippen LogP contribution in [0.2, 0.25) is 0 Å². The number of rotatable bonds is 6. The summed E-state index contributed by atoms with van der Waals surface area (Å²) in [6.07, 6.45) is 3.09. The van der Waals surface area contributed by atoms with Crippen molar-refractivity contribution >= 4 is 33.8 Å². The number of fused-ring (bicyclic) bond motifs is 1. The quantitative estimate of drug-likeness (QED) is 0.552. The molecule has 2 amide bonds. The van der Waals surface area contributed by atoms with Crippen molar-refractivity contribution in [3.8, 4) is 5.75 Å². The molecule has 1 atom stereocenters. The van der Waals surface area contributed by atoms with E-state index in [-0.39, 0.29) is 18.2 Å². The highest BCUT2D eigenvalue weighted by molar-refractivity contribution is 7.17. The maximum Gasteiger partial charge on any atom is 0.259 e. The van der Waals surface area contributed by atoms with Gasteiger partial charge in [0.1, 0.15) is 10.8 Å². The standard InChI is InChI=1S/C25H26N2O3S/c1-16-12-13-18-21(14-16)31-25(27-22(28)15-17-8-4-3-5-9-17)23(18)24(29)26-19-10-6-7-11-20(19)30-2/h3-11,16H,12-15H2,1-2H3,(H,26,29)(H,27,28)/t16-/m0/s1. The van der Waals surface area contributed by atoms with Gasteiger partial charge >= 0.3 is 0 Å². The van der Waals surface area contributed by atoms with Crippen LogP contribution in [0, 0.1) is 5.92 Å². The van der Waals surface area contributed by atoms with Crippen molar-refractivity contribution in [3.05, 3.63) is 76.2 Å². The molecule has 0 saturated heterocycles. The van der Waals surface area contributed by atoms with E-state index >= 15 is 0 Å².